The molecular weight excluding hydrogens is 342 g/mol. The third kappa shape index (κ3) is 4.51. The molecule has 2 fully saturated rings. The Kier molecular flexibility index (Phi) is 5.74. The Morgan fingerprint density at radius 1 is 1.15 bits per heavy atom. The van der Waals surface area contributed by atoms with Crippen LogP contribution in [-0.4, -0.2) is 77.3 Å². The number of hydrogen-bond donors (Lipinski definition) is 0. The third-order valence-electron chi connectivity index (χ3n) is 5.31. The first-order valence-electron chi connectivity index (χ1n) is 9.65. The lowest BCUT2D eigenvalue weighted by molar-refractivity contribution is 0.122. The molecule has 0 amide bonds. The van der Waals surface area contributed by atoms with Crippen molar-refractivity contribution in [1.29, 1.82) is 0 Å². The molecule has 2 aliphatic heterocycles. The van der Waals surface area contributed by atoms with E-state index >= 15 is 0 Å². The summed E-state index contributed by atoms with van der Waals surface area (Å²) in [6.07, 6.45) is 9.51. The van der Waals surface area contributed by atoms with Crippen molar-refractivity contribution in [2.45, 2.75) is 25.4 Å². The summed E-state index contributed by atoms with van der Waals surface area (Å²) in [5.74, 6) is 1.78. The highest BCUT2D eigenvalue weighted by Gasteiger charge is 2.25. The molecule has 0 N–H and O–H groups in total. The van der Waals surface area contributed by atoms with Crippen LogP contribution in [0.15, 0.2) is 30.9 Å². The van der Waals surface area contributed by atoms with Gasteiger partial charge in [0.1, 0.15) is 5.82 Å². The lowest BCUT2D eigenvalue weighted by Gasteiger charge is -2.37. The summed E-state index contributed by atoms with van der Waals surface area (Å²) < 4.78 is 5.44. The monoisotopic (exact) mass is 369 g/mol. The zero-order valence-electron chi connectivity index (χ0n) is 15.9. The number of nitrogens with zero attached hydrogens (tertiary/aromatic N) is 7. The number of likely N-dealkylation sites (tertiary alicyclic amines) is 1. The molecule has 144 valence electrons. The van der Waals surface area contributed by atoms with E-state index in [0.29, 0.717) is 6.04 Å². The molecule has 0 aromatic carbocycles. The first-order chi connectivity index (χ1) is 13.3. The Labute approximate surface area is 160 Å². The van der Waals surface area contributed by atoms with Crippen LogP contribution < -0.4 is 9.80 Å². The lowest BCUT2D eigenvalue weighted by atomic mass is 10.0. The number of rotatable bonds is 5. The van der Waals surface area contributed by atoms with Gasteiger partial charge >= 0.3 is 0 Å². The van der Waals surface area contributed by atoms with Crippen LogP contribution in [0.1, 0.15) is 18.5 Å². The first kappa shape index (κ1) is 18.1. The summed E-state index contributed by atoms with van der Waals surface area (Å²) >= 11 is 0. The Bertz CT molecular complexity index is 723. The molecule has 4 rings (SSSR count). The molecule has 4 heterocycles. The van der Waals surface area contributed by atoms with Gasteiger partial charge in [-0.25, -0.2) is 4.98 Å². The van der Waals surface area contributed by atoms with Crippen molar-refractivity contribution in [2.24, 2.45) is 0 Å². The fourth-order valence-corrected chi connectivity index (χ4v) is 3.77. The number of ether oxygens (including phenoxy) is 1. The number of hydrogen-bond acceptors (Lipinski definition) is 8. The van der Waals surface area contributed by atoms with Gasteiger partial charge in [-0.15, -0.1) is 0 Å². The maximum absolute atomic E-state index is 5.44. The second kappa shape index (κ2) is 8.58. The standard InChI is InChI=1S/C19H27N7O/c1-24(19-22-5-4-18(23-19)26-9-11-27-12-10-26)17-3-2-8-25(15-17)14-16-13-20-6-7-21-16/h4-7,13,17H,2-3,8-12,14-15H2,1H3. The predicted molar refractivity (Wildman–Crippen MR) is 104 cm³/mol. The minimum Gasteiger partial charge on any atom is -0.378 e. The summed E-state index contributed by atoms with van der Waals surface area (Å²) in [6.45, 7) is 6.20. The zero-order valence-corrected chi connectivity index (χ0v) is 15.9. The highest BCUT2D eigenvalue weighted by Crippen LogP contribution is 2.22. The van der Waals surface area contributed by atoms with Crippen LogP contribution in [0.5, 0.6) is 0 Å². The number of aromatic nitrogens is 4. The van der Waals surface area contributed by atoms with Crippen molar-refractivity contribution >= 4 is 11.8 Å². The Hall–Kier alpha value is -2.32. The molecule has 2 aromatic heterocycles. The lowest BCUT2D eigenvalue weighted by Crippen LogP contribution is -2.47. The molecule has 8 heteroatoms. The first-order valence-corrected chi connectivity index (χ1v) is 9.65. The van der Waals surface area contributed by atoms with E-state index in [4.69, 9.17) is 9.72 Å². The van der Waals surface area contributed by atoms with Crippen molar-refractivity contribution in [3.8, 4) is 0 Å². The normalized spacial score (nSPS) is 21.2. The molecule has 0 spiro atoms. The zero-order chi connectivity index (χ0) is 18.5. The van der Waals surface area contributed by atoms with Gasteiger partial charge in [0.05, 0.1) is 18.9 Å². The topological polar surface area (TPSA) is 70.5 Å². The van der Waals surface area contributed by atoms with Crippen LogP contribution in [0, 0.1) is 0 Å². The molecule has 2 saturated heterocycles. The van der Waals surface area contributed by atoms with E-state index in [-0.39, 0.29) is 0 Å². The van der Waals surface area contributed by atoms with Gasteiger partial charge < -0.3 is 14.5 Å². The number of morpholine rings is 1. The van der Waals surface area contributed by atoms with Crippen molar-refractivity contribution in [2.75, 3.05) is 56.2 Å². The second-order valence-corrected chi connectivity index (χ2v) is 7.15. The Balaban J connectivity index is 1.41. The summed E-state index contributed by atoms with van der Waals surface area (Å²) in [6, 6.07) is 2.39. The maximum Gasteiger partial charge on any atom is 0.227 e. The minimum atomic E-state index is 0.398. The van der Waals surface area contributed by atoms with E-state index in [1.165, 1.54) is 6.42 Å². The molecule has 0 aliphatic carbocycles. The van der Waals surface area contributed by atoms with Crippen molar-refractivity contribution < 1.29 is 4.74 Å². The average Bonchev–Trinajstić information content (AvgIpc) is 2.75. The fourth-order valence-electron chi connectivity index (χ4n) is 3.77. The van der Waals surface area contributed by atoms with Crippen LogP contribution in [0.2, 0.25) is 0 Å². The Morgan fingerprint density at radius 2 is 2.04 bits per heavy atom. The molecule has 0 bridgehead atoms. The fraction of sp³-hybridized carbons (Fsp3) is 0.579. The predicted octanol–water partition coefficient (Wildman–Crippen LogP) is 1.20. The molecule has 1 atom stereocenters. The molecule has 8 nitrogen and oxygen atoms in total. The van der Waals surface area contributed by atoms with E-state index in [9.17, 15) is 0 Å². The smallest absolute Gasteiger partial charge is 0.227 e. The highest BCUT2D eigenvalue weighted by molar-refractivity contribution is 5.44. The second-order valence-electron chi connectivity index (χ2n) is 7.15. The maximum atomic E-state index is 5.44. The van der Waals surface area contributed by atoms with Gasteiger partial charge in [-0.1, -0.05) is 0 Å². The summed E-state index contributed by atoms with van der Waals surface area (Å²) in [5.41, 5.74) is 1.02. The molecule has 1 unspecified atom stereocenters. The van der Waals surface area contributed by atoms with Crippen molar-refractivity contribution in [1.82, 2.24) is 24.8 Å². The summed E-state index contributed by atoms with van der Waals surface area (Å²) in [5, 5.41) is 0. The van der Waals surface area contributed by atoms with E-state index in [1.54, 1.807) is 12.4 Å². The number of anilines is 2. The van der Waals surface area contributed by atoms with E-state index < -0.39 is 0 Å². The molecule has 0 saturated carbocycles. The van der Waals surface area contributed by atoms with Gasteiger partial charge in [-0.3, -0.25) is 14.9 Å². The largest absolute Gasteiger partial charge is 0.378 e. The van der Waals surface area contributed by atoms with Gasteiger partial charge in [0.2, 0.25) is 5.95 Å². The van der Waals surface area contributed by atoms with Gasteiger partial charge in [0.25, 0.3) is 0 Å². The van der Waals surface area contributed by atoms with Gasteiger partial charge in [-0.05, 0) is 25.5 Å². The van der Waals surface area contributed by atoms with Gasteiger partial charge in [0, 0.05) is 64.1 Å². The van der Waals surface area contributed by atoms with E-state index in [1.807, 2.05) is 18.5 Å². The molecule has 0 radical (unpaired) electrons. The SMILES string of the molecule is CN(c1nccc(N2CCOCC2)n1)C1CCCN(Cc2cnccn2)C1. The van der Waals surface area contributed by atoms with Crippen LogP contribution in [-0.2, 0) is 11.3 Å². The number of piperidine rings is 1. The molecule has 2 aromatic rings. The number of likely N-dealkylation sites (N-methyl/N-ethyl adjacent to an activating group) is 1. The summed E-state index contributed by atoms with van der Waals surface area (Å²) in [7, 11) is 2.11. The quantitative estimate of drug-likeness (QED) is 0.779. The molecule has 2 aliphatic rings. The summed E-state index contributed by atoms with van der Waals surface area (Å²) in [4.78, 5) is 24.9. The van der Waals surface area contributed by atoms with Crippen LogP contribution >= 0.6 is 0 Å². The van der Waals surface area contributed by atoms with Crippen molar-refractivity contribution in [3.05, 3.63) is 36.5 Å². The van der Waals surface area contributed by atoms with Gasteiger partial charge in [0.15, 0.2) is 0 Å². The third-order valence-corrected chi connectivity index (χ3v) is 5.31. The highest BCUT2D eigenvalue weighted by atomic mass is 16.5. The Morgan fingerprint density at radius 3 is 2.85 bits per heavy atom. The molecular formula is C19H27N7O. The van der Waals surface area contributed by atoms with Crippen molar-refractivity contribution in [3.63, 3.8) is 0 Å². The average molecular weight is 369 g/mol. The van der Waals surface area contributed by atoms with E-state index in [0.717, 1.165) is 69.8 Å². The van der Waals surface area contributed by atoms with E-state index in [2.05, 4.69) is 36.7 Å². The van der Waals surface area contributed by atoms with Gasteiger partial charge in [-0.2, -0.15) is 4.98 Å². The van der Waals surface area contributed by atoms with Crippen LogP contribution in [0.4, 0.5) is 11.8 Å². The van der Waals surface area contributed by atoms with Crippen LogP contribution in [0.3, 0.4) is 0 Å². The van der Waals surface area contributed by atoms with Crippen LogP contribution in [0.25, 0.3) is 0 Å². The molecule has 27 heavy (non-hydrogen) atoms. The minimum absolute atomic E-state index is 0.398.